The molecule has 0 radical (unpaired) electrons. The average molecular weight is 394 g/mol. The number of rotatable bonds is 4. The monoisotopic (exact) mass is 393 g/mol. The molecule has 2 aliphatic heterocycles. The summed E-state index contributed by atoms with van der Waals surface area (Å²) >= 11 is 0. The maximum atomic E-state index is 13.0. The highest BCUT2D eigenvalue weighted by molar-refractivity contribution is 5.94. The summed E-state index contributed by atoms with van der Waals surface area (Å²) in [5, 5.41) is 13.0. The molecule has 3 nitrogen and oxygen atoms in total. The van der Waals surface area contributed by atoms with Crippen molar-refractivity contribution in [1.29, 1.82) is 0 Å². The van der Waals surface area contributed by atoms with E-state index in [1.807, 2.05) is 12.1 Å². The lowest BCUT2D eigenvalue weighted by Gasteiger charge is -2.62. The molecule has 6 fully saturated rings. The molecule has 0 amide bonds. The van der Waals surface area contributed by atoms with Crippen LogP contribution in [0.4, 0.5) is 0 Å². The van der Waals surface area contributed by atoms with Gasteiger partial charge in [-0.25, -0.2) is 0 Å². The van der Waals surface area contributed by atoms with Gasteiger partial charge in [0, 0.05) is 5.56 Å². The van der Waals surface area contributed by atoms with Crippen LogP contribution in [0.3, 0.4) is 0 Å². The molecule has 1 aromatic carbocycles. The summed E-state index contributed by atoms with van der Waals surface area (Å²) in [5.74, 6) is 3.69. The fourth-order valence-corrected chi connectivity index (χ4v) is 9.07. The lowest BCUT2D eigenvalue weighted by Crippen LogP contribution is -2.65. The molecule has 4 saturated carbocycles. The molecule has 0 aromatic heterocycles. The summed E-state index contributed by atoms with van der Waals surface area (Å²) in [5.41, 5.74) is 0.977. The predicted octanol–water partition coefficient (Wildman–Crippen LogP) is 4.78. The number of fused-ring (bicyclic) bond motifs is 1. The molecule has 6 aliphatic rings. The minimum atomic E-state index is -0.780. The second-order valence-corrected chi connectivity index (χ2v) is 11.1. The first-order chi connectivity index (χ1) is 14.0. The van der Waals surface area contributed by atoms with E-state index < -0.39 is 5.60 Å². The quantitative estimate of drug-likeness (QED) is 0.749. The first-order valence-electron chi connectivity index (χ1n) is 12.1. The molecule has 1 aromatic rings. The minimum absolute atomic E-state index is 0.0925. The Bertz CT molecular complexity index is 777. The Balaban J connectivity index is 1.49. The normalized spacial score (nSPS) is 39.4. The third kappa shape index (κ3) is 2.47. The smallest absolute Gasteiger partial charge is 0.159 e. The number of hydrogen-bond donors (Lipinski definition) is 1. The highest BCUT2D eigenvalue weighted by Gasteiger charge is 2.66. The molecule has 2 heterocycles. The van der Waals surface area contributed by atoms with E-state index in [-0.39, 0.29) is 11.3 Å². The number of carbonyl (C=O) groups excluding carboxylic acids is 1. The van der Waals surface area contributed by atoms with Crippen molar-refractivity contribution < 1.29 is 9.90 Å². The van der Waals surface area contributed by atoms with Crippen LogP contribution in [0, 0.1) is 29.6 Å². The maximum Gasteiger partial charge on any atom is 0.159 e. The fourth-order valence-electron chi connectivity index (χ4n) is 9.07. The number of ketones is 1. The molecular formula is C26H35NO2. The molecule has 0 spiro atoms. The van der Waals surface area contributed by atoms with Gasteiger partial charge in [0.15, 0.2) is 5.78 Å². The molecule has 4 bridgehead atoms. The van der Waals surface area contributed by atoms with Crippen LogP contribution in [0.15, 0.2) is 24.3 Å². The second kappa shape index (κ2) is 6.40. The number of aliphatic hydroxyl groups is 1. The van der Waals surface area contributed by atoms with Gasteiger partial charge >= 0.3 is 0 Å². The standard InChI is InChI=1S/C26H35NO2/c1-17(28)20-4-6-23(7-5-20)26(29,25-8-2-10-27(25)11-3-9-25)24-21-13-18-12-19(15-21)16-22(24)14-18/h4-7,18-19,21-22,24,29H,2-3,8-16H2,1H3. The maximum absolute atomic E-state index is 13.0. The van der Waals surface area contributed by atoms with Gasteiger partial charge < -0.3 is 5.11 Å². The van der Waals surface area contributed by atoms with E-state index in [1.165, 1.54) is 44.9 Å². The molecule has 1 atom stereocenters. The van der Waals surface area contributed by atoms with Crippen LogP contribution in [-0.4, -0.2) is 34.4 Å². The van der Waals surface area contributed by atoms with Gasteiger partial charge in [-0.3, -0.25) is 9.69 Å². The Morgan fingerprint density at radius 2 is 1.52 bits per heavy atom. The van der Waals surface area contributed by atoms with Crippen molar-refractivity contribution in [3.8, 4) is 0 Å². The number of nitrogens with zero attached hydrogens (tertiary/aromatic N) is 1. The van der Waals surface area contributed by atoms with Crippen molar-refractivity contribution in [3.63, 3.8) is 0 Å². The Hall–Kier alpha value is -1.19. The molecule has 1 unspecified atom stereocenters. The van der Waals surface area contributed by atoms with Crippen molar-refractivity contribution in [1.82, 2.24) is 4.90 Å². The summed E-state index contributed by atoms with van der Waals surface area (Å²) in [6, 6.07) is 8.13. The highest BCUT2D eigenvalue weighted by Crippen LogP contribution is 2.65. The van der Waals surface area contributed by atoms with Crippen LogP contribution in [0.5, 0.6) is 0 Å². The Morgan fingerprint density at radius 1 is 0.966 bits per heavy atom. The van der Waals surface area contributed by atoms with Gasteiger partial charge in [-0.15, -0.1) is 0 Å². The molecule has 1 N–H and O–H groups in total. The van der Waals surface area contributed by atoms with E-state index in [4.69, 9.17) is 0 Å². The van der Waals surface area contributed by atoms with Crippen LogP contribution in [0.25, 0.3) is 0 Å². The Labute approximate surface area is 174 Å². The van der Waals surface area contributed by atoms with Crippen molar-refractivity contribution in [2.45, 2.75) is 75.9 Å². The van der Waals surface area contributed by atoms with Gasteiger partial charge in [0.25, 0.3) is 0 Å². The number of benzene rings is 1. The molecule has 4 aliphatic carbocycles. The molecular weight excluding hydrogens is 358 g/mol. The van der Waals surface area contributed by atoms with Gasteiger partial charge in [-0.05, 0) is 113 Å². The Morgan fingerprint density at radius 3 is 2.03 bits per heavy atom. The first kappa shape index (κ1) is 18.6. The summed E-state index contributed by atoms with van der Waals surface area (Å²) in [6.07, 6.45) is 11.5. The van der Waals surface area contributed by atoms with Gasteiger partial charge in [-0.2, -0.15) is 0 Å². The van der Waals surface area contributed by atoms with Gasteiger partial charge in [0.05, 0.1) is 5.54 Å². The number of carbonyl (C=O) groups is 1. The summed E-state index contributed by atoms with van der Waals surface area (Å²) in [4.78, 5) is 14.5. The van der Waals surface area contributed by atoms with E-state index in [9.17, 15) is 9.90 Å². The van der Waals surface area contributed by atoms with Crippen molar-refractivity contribution in [2.75, 3.05) is 13.1 Å². The van der Waals surface area contributed by atoms with Gasteiger partial charge in [0.1, 0.15) is 5.60 Å². The van der Waals surface area contributed by atoms with Crippen LogP contribution in [0.2, 0.25) is 0 Å². The van der Waals surface area contributed by atoms with Crippen molar-refractivity contribution >= 4 is 5.78 Å². The Kier molecular flexibility index (Phi) is 4.10. The molecule has 29 heavy (non-hydrogen) atoms. The molecule has 156 valence electrons. The highest BCUT2D eigenvalue weighted by atomic mass is 16.3. The van der Waals surface area contributed by atoms with Crippen LogP contribution in [0.1, 0.15) is 80.6 Å². The summed E-state index contributed by atoms with van der Waals surface area (Å²) < 4.78 is 0. The fraction of sp³-hybridized carbons (Fsp3) is 0.731. The summed E-state index contributed by atoms with van der Waals surface area (Å²) in [6.45, 7) is 3.91. The van der Waals surface area contributed by atoms with Gasteiger partial charge in [-0.1, -0.05) is 24.3 Å². The zero-order chi connectivity index (χ0) is 19.8. The van der Waals surface area contributed by atoms with E-state index in [0.29, 0.717) is 17.8 Å². The van der Waals surface area contributed by atoms with Crippen LogP contribution >= 0.6 is 0 Å². The zero-order valence-electron chi connectivity index (χ0n) is 17.8. The molecule has 7 rings (SSSR count). The third-order valence-electron chi connectivity index (χ3n) is 9.79. The van der Waals surface area contributed by atoms with E-state index in [1.54, 1.807) is 6.92 Å². The lowest BCUT2D eigenvalue weighted by atomic mass is 9.45. The number of Topliss-reactive ketones (excluding diaryl/α,β-unsaturated/α-hetero) is 1. The second-order valence-electron chi connectivity index (χ2n) is 11.1. The largest absolute Gasteiger partial charge is 0.383 e. The van der Waals surface area contributed by atoms with Crippen LogP contribution < -0.4 is 0 Å². The van der Waals surface area contributed by atoms with E-state index in [0.717, 1.165) is 48.9 Å². The van der Waals surface area contributed by atoms with E-state index in [2.05, 4.69) is 17.0 Å². The third-order valence-corrected chi connectivity index (χ3v) is 9.79. The topological polar surface area (TPSA) is 40.5 Å². The zero-order valence-corrected chi connectivity index (χ0v) is 17.8. The predicted molar refractivity (Wildman–Crippen MR) is 114 cm³/mol. The molecule has 2 saturated heterocycles. The lowest BCUT2D eigenvalue weighted by molar-refractivity contribution is -0.201. The van der Waals surface area contributed by atoms with Gasteiger partial charge in [0.2, 0.25) is 0 Å². The SMILES string of the molecule is CC(=O)c1ccc(C(O)(C2C3CC4CC(C3)CC2C4)C23CCCN2CCC3)cc1. The van der Waals surface area contributed by atoms with Crippen molar-refractivity contribution in [2.24, 2.45) is 29.6 Å². The van der Waals surface area contributed by atoms with E-state index >= 15 is 0 Å². The first-order valence-corrected chi connectivity index (χ1v) is 12.1. The van der Waals surface area contributed by atoms with Crippen LogP contribution in [-0.2, 0) is 5.60 Å². The van der Waals surface area contributed by atoms with Crippen molar-refractivity contribution in [3.05, 3.63) is 35.4 Å². The minimum Gasteiger partial charge on any atom is -0.383 e. The molecule has 3 heteroatoms. The average Bonchev–Trinajstić information content (AvgIpc) is 3.28. The number of hydrogen-bond acceptors (Lipinski definition) is 3. The summed E-state index contributed by atoms with van der Waals surface area (Å²) in [7, 11) is 0.